The Morgan fingerprint density at radius 2 is 2.33 bits per heavy atom. The topological polar surface area (TPSA) is 17.1 Å². The Balaban J connectivity index is 2.12. The third kappa shape index (κ3) is 0.954. The van der Waals surface area contributed by atoms with Crippen LogP contribution in [-0.4, -0.2) is 5.78 Å². The number of allylic oxidation sites excluding steroid dienone is 1. The molecule has 0 amide bonds. The van der Waals surface area contributed by atoms with Crippen molar-refractivity contribution in [3.05, 3.63) is 12.2 Å². The van der Waals surface area contributed by atoms with Gasteiger partial charge in [0.05, 0.1) is 0 Å². The third-order valence-corrected chi connectivity index (χ3v) is 3.75. The molecular formula is C11H16O. The molecule has 0 aromatic carbocycles. The van der Waals surface area contributed by atoms with Crippen molar-refractivity contribution >= 4 is 5.78 Å². The number of carbonyl (C=O) groups excluding carboxylic acids is 1. The van der Waals surface area contributed by atoms with E-state index in [0.29, 0.717) is 17.6 Å². The zero-order valence-corrected chi connectivity index (χ0v) is 7.89. The molecule has 0 heterocycles. The van der Waals surface area contributed by atoms with E-state index in [9.17, 15) is 4.79 Å². The molecule has 0 aliphatic heterocycles. The molecule has 1 heteroatoms. The highest BCUT2D eigenvalue weighted by Gasteiger charge is 2.58. The number of rotatable bonds is 1. The number of fused-ring (bicyclic) bond motifs is 1. The lowest BCUT2D eigenvalue weighted by Crippen LogP contribution is -2.25. The van der Waals surface area contributed by atoms with Gasteiger partial charge in [0.2, 0.25) is 0 Å². The Morgan fingerprint density at radius 3 is 2.83 bits per heavy atom. The molecule has 0 saturated heterocycles. The Hall–Kier alpha value is -0.590. The summed E-state index contributed by atoms with van der Waals surface area (Å²) in [6.45, 7) is 8.10. The van der Waals surface area contributed by atoms with E-state index in [2.05, 4.69) is 13.5 Å². The average molecular weight is 164 g/mol. The largest absolute Gasteiger partial charge is 0.299 e. The average Bonchev–Trinajstić information content (AvgIpc) is 2.62. The summed E-state index contributed by atoms with van der Waals surface area (Å²) in [5, 5.41) is 0. The summed E-state index contributed by atoms with van der Waals surface area (Å²) in [6.07, 6.45) is 3.09. The van der Waals surface area contributed by atoms with Crippen LogP contribution in [0.4, 0.5) is 0 Å². The van der Waals surface area contributed by atoms with Crippen LogP contribution in [0.25, 0.3) is 0 Å². The van der Waals surface area contributed by atoms with Crippen molar-refractivity contribution < 1.29 is 4.79 Å². The normalized spacial score (nSPS) is 45.3. The molecule has 3 atom stereocenters. The van der Waals surface area contributed by atoms with Gasteiger partial charge in [0.1, 0.15) is 5.78 Å². The first-order chi connectivity index (χ1) is 5.54. The van der Waals surface area contributed by atoms with Crippen LogP contribution in [-0.2, 0) is 4.79 Å². The zero-order valence-electron chi connectivity index (χ0n) is 7.89. The minimum Gasteiger partial charge on any atom is -0.299 e. The summed E-state index contributed by atoms with van der Waals surface area (Å²) in [4.78, 5) is 11.6. The van der Waals surface area contributed by atoms with E-state index in [1.807, 2.05) is 6.92 Å². The second-order valence-corrected chi connectivity index (χ2v) is 4.72. The lowest BCUT2D eigenvalue weighted by molar-refractivity contribution is -0.126. The highest BCUT2D eigenvalue weighted by Crippen LogP contribution is 2.60. The second-order valence-electron chi connectivity index (χ2n) is 4.72. The van der Waals surface area contributed by atoms with Crippen molar-refractivity contribution in [2.75, 3.05) is 0 Å². The van der Waals surface area contributed by atoms with E-state index < -0.39 is 0 Å². The van der Waals surface area contributed by atoms with Crippen molar-refractivity contribution in [2.24, 2.45) is 17.3 Å². The Bertz CT molecular complexity index is 254. The summed E-state index contributed by atoms with van der Waals surface area (Å²) in [7, 11) is 0. The summed E-state index contributed by atoms with van der Waals surface area (Å²) < 4.78 is 0. The van der Waals surface area contributed by atoms with Gasteiger partial charge in [-0.3, -0.25) is 4.79 Å². The van der Waals surface area contributed by atoms with Gasteiger partial charge in [-0.15, -0.1) is 0 Å². The van der Waals surface area contributed by atoms with Crippen molar-refractivity contribution in [3.8, 4) is 0 Å². The van der Waals surface area contributed by atoms with E-state index in [1.54, 1.807) is 0 Å². The Labute approximate surface area is 73.8 Å². The number of carbonyl (C=O) groups is 1. The maximum absolute atomic E-state index is 11.6. The number of Topliss-reactive ketones (excluding diaryl/α,β-unsaturated/α-hetero) is 1. The molecule has 0 aromatic rings. The third-order valence-electron chi connectivity index (χ3n) is 3.75. The van der Waals surface area contributed by atoms with Gasteiger partial charge in [-0.05, 0) is 31.6 Å². The SMILES string of the molecule is C=C(C)[C@@H]1CC(=O)[C@@]2(C)CC2C1. The molecule has 1 nitrogen and oxygen atoms in total. The van der Waals surface area contributed by atoms with E-state index in [0.717, 1.165) is 12.8 Å². The fourth-order valence-electron chi connectivity index (χ4n) is 2.40. The van der Waals surface area contributed by atoms with Crippen molar-refractivity contribution in [1.82, 2.24) is 0 Å². The summed E-state index contributed by atoms with van der Waals surface area (Å²) >= 11 is 0. The summed E-state index contributed by atoms with van der Waals surface area (Å²) in [5.74, 6) is 1.64. The summed E-state index contributed by atoms with van der Waals surface area (Å²) in [6, 6.07) is 0. The second kappa shape index (κ2) is 2.21. The van der Waals surface area contributed by atoms with Crippen LogP contribution in [0, 0.1) is 17.3 Å². The van der Waals surface area contributed by atoms with E-state index in [4.69, 9.17) is 0 Å². The maximum Gasteiger partial charge on any atom is 0.139 e. The molecule has 2 fully saturated rings. The van der Waals surface area contributed by atoms with Gasteiger partial charge in [0, 0.05) is 11.8 Å². The van der Waals surface area contributed by atoms with Crippen LogP contribution < -0.4 is 0 Å². The molecule has 0 aromatic heterocycles. The van der Waals surface area contributed by atoms with Crippen LogP contribution in [0.15, 0.2) is 12.2 Å². The van der Waals surface area contributed by atoms with Gasteiger partial charge in [-0.2, -0.15) is 0 Å². The Morgan fingerprint density at radius 1 is 1.67 bits per heavy atom. The number of hydrogen-bond acceptors (Lipinski definition) is 1. The Kier molecular flexibility index (Phi) is 1.48. The van der Waals surface area contributed by atoms with Crippen LogP contribution >= 0.6 is 0 Å². The van der Waals surface area contributed by atoms with E-state index in [-0.39, 0.29) is 5.41 Å². The predicted octanol–water partition coefficient (Wildman–Crippen LogP) is 2.57. The monoisotopic (exact) mass is 164 g/mol. The minimum atomic E-state index is 0.0892. The van der Waals surface area contributed by atoms with Gasteiger partial charge in [0.25, 0.3) is 0 Å². The standard InChI is InChI=1S/C11H16O/c1-7(2)8-4-9-6-11(9,3)10(12)5-8/h8-9H,1,4-6H2,2-3H3/t8-,9?,11-/m0/s1. The molecule has 12 heavy (non-hydrogen) atoms. The van der Waals surface area contributed by atoms with Crippen LogP contribution in [0.2, 0.25) is 0 Å². The molecule has 0 bridgehead atoms. The number of hydrogen-bond donors (Lipinski definition) is 0. The van der Waals surface area contributed by atoms with Gasteiger partial charge in [-0.1, -0.05) is 19.1 Å². The van der Waals surface area contributed by atoms with Crippen molar-refractivity contribution in [1.29, 1.82) is 0 Å². The molecule has 2 rings (SSSR count). The maximum atomic E-state index is 11.6. The zero-order chi connectivity index (χ0) is 8.93. The number of ketones is 1. The molecule has 0 radical (unpaired) electrons. The lowest BCUT2D eigenvalue weighted by atomic mass is 9.79. The summed E-state index contributed by atoms with van der Waals surface area (Å²) in [5.41, 5.74) is 1.28. The van der Waals surface area contributed by atoms with Gasteiger partial charge < -0.3 is 0 Å². The molecule has 66 valence electrons. The van der Waals surface area contributed by atoms with Crippen molar-refractivity contribution in [2.45, 2.75) is 33.1 Å². The molecule has 2 aliphatic rings. The van der Waals surface area contributed by atoms with Gasteiger partial charge >= 0.3 is 0 Å². The smallest absolute Gasteiger partial charge is 0.139 e. The molecule has 0 spiro atoms. The van der Waals surface area contributed by atoms with E-state index in [1.165, 1.54) is 12.0 Å². The van der Waals surface area contributed by atoms with E-state index >= 15 is 0 Å². The van der Waals surface area contributed by atoms with Crippen LogP contribution in [0.1, 0.15) is 33.1 Å². The van der Waals surface area contributed by atoms with Crippen molar-refractivity contribution in [3.63, 3.8) is 0 Å². The molecule has 1 unspecified atom stereocenters. The fraction of sp³-hybridized carbons (Fsp3) is 0.727. The minimum absolute atomic E-state index is 0.0892. The molecule has 2 saturated carbocycles. The first-order valence-corrected chi connectivity index (χ1v) is 4.73. The predicted molar refractivity (Wildman–Crippen MR) is 48.8 cm³/mol. The van der Waals surface area contributed by atoms with Crippen LogP contribution in [0.3, 0.4) is 0 Å². The van der Waals surface area contributed by atoms with Gasteiger partial charge in [-0.25, -0.2) is 0 Å². The highest BCUT2D eigenvalue weighted by atomic mass is 16.1. The molecule has 0 N–H and O–H groups in total. The first-order valence-electron chi connectivity index (χ1n) is 4.73. The quantitative estimate of drug-likeness (QED) is 0.544. The van der Waals surface area contributed by atoms with Crippen LogP contribution in [0.5, 0.6) is 0 Å². The highest BCUT2D eigenvalue weighted by molar-refractivity contribution is 5.89. The lowest BCUT2D eigenvalue weighted by Gasteiger charge is -2.24. The molecular weight excluding hydrogens is 148 g/mol. The van der Waals surface area contributed by atoms with Gasteiger partial charge in [0.15, 0.2) is 0 Å². The molecule has 2 aliphatic carbocycles. The first kappa shape index (κ1) is 8.03. The fourth-order valence-corrected chi connectivity index (χ4v) is 2.40.